The average molecular weight is 240 g/mol. The van der Waals surface area contributed by atoms with Gasteiger partial charge in [0.2, 0.25) is 0 Å². The molecule has 0 saturated heterocycles. The number of hydrogen-bond acceptors (Lipinski definition) is 2. The van der Waals surface area contributed by atoms with Gasteiger partial charge in [0, 0.05) is 24.7 Å². The van der Waals surface area contributed by atoms with Crippen LogP contribution in [0.1, 0.15) is 31.4 Å². The van der Waals surface area contributed by atoms with Crippen molar-refractivity contribution in [2.24, 2.45) is 5.73 Å². The fraction of sp³-hybridized carbons (Fsp3) is 0.538. The minimum atomic E-state index is -0.537. The van der Waals surface area contributed by atoms with E-state index in [1.165, 1.54) is 12.1 Å². The zero-order chi connectivity index (χ0) is 12.4. The van der Waals surface area contributed by atoms with Gasteiger partial charge in [-0.1, -0.05) is 6.92 Å². The Morgan fingerprint density at radius 3 is 2.29 bits per heavy atom. The van der Waals surface area contributed by atoms with Crippen molar-refractivity contribution >= 4 is 0 Å². The molecule has 1 aromatic carbocycles. The molecule has 0 bridgehead atoms. The smallest absolute Gasteiger partial charge is 0.126 e. The molecule has 1 atom stereocenters. The van der Waals surface area contributed by atoms with E-state index in [9.17, 15) is 8.78 Å². The van der Waals surface area contributed by atoms with Crippen LogP contribution in [-0.2, 0) is 0 Å². The second-order valence-electron chi connectivity index (χ2n) is 4.52. The molecule has 94 valence electrons. The molecule has 0 aromatic heterocycles. The summed E-state index contributed by atoms with van der Waals surface area (Å²) in [7, 11) is 0. The van der Waals surface area contributed by atoms with Crippen molar-refractivity contribution in [3.8, 4) is 0 Å². The van der Waals surface area contributed by atoms with Crippen molar-refractivity contribution in [2.45, 2.75) is 31.8 Å². The summed E-state index contributed by atoms with van der Waals surface area (Å²) in [6.45, 7) is 3.29. The zero-order valence-corrected chi connectivity index (χ0v) is 10.00. The molecule has 0 aliphatic heterocycles. The molecule has 1 fully saturated rings. The lowest BCUT2D eigenvalue weighted by Gasteiger charge is -2.30. The Hall–Kier alpha value is -1.00. The van der Waals surface area contributed by atoms with Crippen LogP contribution in [0, 0.1) is 11.6 Å². The molecule has 1 unspecified atom stereocenters. The fourth-order valence-corrected chi connectivity index (χ4v) is 2.37. The lowest BCUT2D eigenvalue weighted by molar-refractivity contribution is 0.201. The van der Waals surface area contributed by atoms with Crippen LogP contribution in [0.5, 0.6) is 0 Å². The van der Waals surface area contributed by atoms with E-state index in [0.29, 0.717) is 18.2 Å². The van der Waals surface area contributed by atoms with E-state index in [4.69, 9.17) is 5.73 Å². The topological polar surface area (TPSA) is 29.3 Å². The summed E-state index contributed by atoms with van der Waals surface area (Å²) in [5.41, 5.74) is 6.40. The van der Waals surface area contributed by atoms with Crippen molar-refractivity contribution in [3.05, 3.63) is 35.4 Å². The summed E-state index contributed by atoms with van der Waals surface area (Å²) in [6.07, 6.45) is 2.31. The van der Waals surface area contributed by atoms with Crippen molar-refractivity contribution in [3.63, 3.8) is 0 Å². The maximum Gasteiger partial charge on any atom is 0.126 e. The van der Waals surface area contributed by atoms with Gasteiger partial charge in [-0.15, -0.1) is 0 Å². The Labute approximate surface area is 100 Å². The molecule has 4 heteroatoms. The summed E-state index contributed by atoms with van der Waals surface area (Å²) in [6, 6.07) is 4.10. The SMILES string of the molecule is CCN(C1CC1)C(CN)c1cc(F)cc(F)c1. The van der Waals surface area contributed by atoms with Gasteiger partial charge in [-0.2, -0.15) is 0 Å². The Bertz CT molecular complexity index is 371. The highest BCUT2D eigenvalue weighted by Gasteiger charge is 2.33. The van der Waals surface area contributed by atoms with Crippen LogP contribution in [0.25, 0.3) is 0 Å². The molecule has 2 N–H and O–H groups in total. The van der Waals surface area contributed by atoms with Gasteiger partial charge in [0.25, 0.3) is 0 Å². The highest BCUT2D eigenvalue weighted by atomic mass is 19.1. The van der Waals surface area contributed by atoms with E-state index in [1.807, 2.05) is 0 Å². The summed E-state index contributed by atoms with van der Waals surface area (Å²) in [5, 5.41) is 0. The van der Waals surface area contributed by atoms with Crippen molar-refractivity contribution in [1.29, 1.82) is 0 Å². The van der Waals surface area contributed by atoms with Crippen LogP contribution in [0.15, 0.2) is 18.2 Å². The first kappa shape index (κ1) is 12.5. The summed E-state index contributed by atoms with van der Waals surface area (Å²) < 4.78 is 26.4. The van der Waals surface area contributed by atoms with Gasteiger partial charge in [0.15, 0.2) is 0 Å². The molecule has 0 amide bonds. The number of benzene rings is 1. The van der Waals surface area contributed by atoms with Crippen LogP contribution >= 0.6 is 0 Å². The Morgan fingerprint density at radius 1 is 1.29 bits per heavy atom. The molecular weight excluding hydrogens is 222 g/mol. The predicted octanol–water partition coefficient (Wildman–Crippen LogP) is 2.45. The second kappa shape index (κ2) is 5.10. The third-order valence-corrected chi connectivity index (χ3v) is 3.27. The number of rotatable bonds is 5. The van der Waals surface area contributed by atoms with Crippen LogP contribution in [0.4, 0.5) is 8.78 Å². The largest absolute Gasteiger partial charge is 0.329 e. The standard InChI is InChI=1S/C13H18F2N2/c1-2-17(12-3-4-12)13(8-16)9-5-10(14)7-11(15)6-9/h5-7,12-13H,2-4,8,16H2,1H3. The van der Waals surface area contributed by atoms with Crippen LogP contribution in [0.3, 0.4) is 0 Å². The van der Waals surface area contributed by atoms with Crippen LogP contribution in [0.2, 0.25) is 0 Å². The lowest BCUT2D eigenvalue weighted by atomic mass is 10.0. The van der Waals surface area contributed by atoms with Crippen molar-refractivity contribution in [1.82, 2.24) is 4.90 Å². The Balaban J connectivity index is 2.26. The first-order chi connectivity index (χ1) is 8.15. The first-order valence-electron chi connectivity index (χ1n) is 6.07. The van der Waals surface area contributed by atoms with Gasteiger partial charge in [0.05, 0.1) is 0 Å². The Morgan fingerprint density at radius 2 is 1.88 bits per heavy atom. The maximum absolute atomic E-state index is 13.2. The van der Waals surface area contributed by atoms with E-state index >= 15 is 0 Å². The van der Waals surface area contributed by atoms with E-state index in [2.05, 4.69) is 11.8 Å². The van der Waals surface area contributed by atoms with Gasteiger partial charge in [0.1, 0.15) is 11.6 Å². The lowest BCUT2D eigenvalue weighted by Crippen LogP contribution is -2.35. The third-order valence-electron chi connectivity index (χ3n) is 3.27. The fourth-order valence-electron chi connectivity index (χ4n) is 2.37. The molecule has 17 heavy (non-hydrogen) atoms. The van der Waals surface area contributed by atoms with Gasteiger partial charge in [-0.05, 0) is 37.1 Å². The monoisotopic (exact) mass is 240 g/mol. The van der Waals surface area contributed by atoms with E-state index in [-0.39, 0.29) is 6.04 Å². The highest BCUT2D eigenvalue weighted by molar-refractivity contribution is 5.22. The third kappa shape index (κ3) is 2.82. The molecule has 0 radical (unpaired) electrons. The van der Waals surface area contributed by atoms with E-state index < -0.39 is 11.6 Å². The number of hydrogen-bond donors (Lipinski definition) is 1. The van der Waals surface area contributed by atoms with Gasteiger partial charge in [-0.3, -0.25) is 4.90 Å². The minimum absolute atomic E-state index is 0.0855. The zero-order valence-electron chi connectivity index (χ0n) is 10.00. The van der Waals surface area contributed by atoms with Gasteiger partial charge >= 0.3 is 0 Å². The number of nitrogens with two attached hydrogens (primary N) is 1. The summed E-state index contributed by atoms with van der Waals surface area (Å²) in [5.74, 6) is -1.07. The molecule has 1 saturated carbocycles. The van der Waals surface area contributed by atoms with Gasteiger partial charge in [-0.25, -0.2) is 8.78 Å². The molecule has 0 spiro atoms. The highest BCUT2D eigenvalue weighted by Crippen LogP contribution is 2.34. The minimum Gasteiger partial charge on any atom is -0.329 e. The van der Waals surface area contributed by atoms with E-state index in [0.717, 1.165) is 25.5 Å². The van der Waals surface area contributed by atoms with Crippen LogP contribution in [-0.4, -0.2) is 24.0 Å². The number of nitrogens with zero attached hydrogens (tertiary/aromatic N) is 1. The molecule has 2 nitrogen and oxygen atoms in total. The predicted molar refractivity (Wildman–Crippen MR) is 63.6 cm³/mol. The second-order valence-corrected chi connectivity index (χ2v) is 4.52. The Kier molecular flexibility index (Phi) is 3.74. The summed E-state index contributed by atoms with van der Waals surface area (Å²) >= 11 is 0. The summed E-state index contributed by atoms with van der Waals surface area (Å²) in [4.78, 5) is 2.23. The van der Waals surface area contributed by atoms with Gasteiger partial charge < -0.3 is 5.73 Å². The quantitative estimate of drug-likeness (QED) is 0.856. The van der Waals surface area contributed by atoms with Crippen LogP contribution < -0.4 is 5.73 Å². The number of likely N-dealkylation sites (N-methyl/N-ethyl adjacent to an activating group) is 1. The average Bonchev–Trinajstić information content (AvgIpc) is 3.08. The molecule has 2 rings (SSSR count). The molecule has 1 aromatic rings. The molecule has 1 aliphatic rings. The maximum atomic E-state index is 13.2. The normalized spacial score (nSPS) is 17.5. The first-order valence-corrected chi connectivity index (χ1v) is 6.07. The molecule has 0 heterocycles. The van der Waals surface area contributed by atoms with Crippen molar-refractivity contribution < 1.29 is 8.78 Å². The molecular formula is C13H18F2N2. The molecule has 1 aliphatic carbocycles. The van der Waals surface area contributed by atoms with E-state index in [1.54, 1.807) is 0 Å². The number of halogens is 2. The van der Waals surface area contributed by atoms with Crippen molar-refractivity contribution in [2.75, 3.05) is 13.1 Å².